The van der Waals surface area contributed by atoms with E-state index < -0.39 is 29.5 Å². The summed E-state index contributed by atoms with van der Waals surface area (Å²) < 4.78 is 54.8. The number of halogens is 4. The highest BCUT2D eigenvalue weighted by Gasteiger charge is 2.37. The quantitative estimate of drug-likeness (QED) is 0.233. The Kier molecular flexibility index (Phi) is 7.77. The zero-order chi connectivity index (χ0) is 31.9. The first-order valence-corrected chi connectivity index (χ1v) is 14.2. The molecule has 3 aromatic carbocycles. The number of carbonyl (C=O) groups is 3. The van der Waals surface area contributed by atoms with Gasteiger partial charge in [-0.3, -0.25) is 14.3 Å². The monoisotopic (exact) mass is 620 g/mol. The highest BCUT2D eigenvalue weighted by atomic mass is 19.4. The fourth-order valence-electron chi connectivity index (χ4n) is 5.61. The molecule has 0 atom stereocenters. The van der Waals surface area contributed by atoms with Gasteiger partial charge >= 0.3 is 12.2 Å². The van der Waals surface area contributed by atoms with E-state index in [1.165, 1.54) is 17.0 Å². The molecule has 1 aromatic heterocycles. The van der Waals surface area contributed by atoms with Crippen molar-refractivity contribution in [1.82, 2.24) is 24.5 Å². The summed E-state index contributed by atoms with van der Waals surface area (Å²) in [5.74, 6) is -2.22. The number of likely N-dealkylation sites (tertiary alicyclic amines) is 1. The van der Waals surface area contributed by atoms with Crippen LogP contribution in [0.25, 0.3) is 22.2 Å². The number of aromatic nitrogens is 2. The zero-order valence-electron chi connectivity index (χ0n) is 23.9. The Morgan fingerprint density at radius 2 is 1.47 bits per heavy atom. The van der Waals surface area contributed by atoms with Gasteiger partial charge in [-0.15, -0.1) is 0 Å². The van der Waals surface area contributed by atoms with Crippen LogP contribution in [0.1, 0.15) is 22.0 Å². The molecule has 2 aliphatic heterocycles. The minimum Gasteiger partial charge on any atom is -0.335 e. The maximum absolute atomic E-state index is 13.9. The number of amides is 4. The number of piperazine rings is 1. The predicted octanol–water partition coefficient (Wildman–Crippen LogP) is 5.58. The molecule has 13 heteroatoms. The summed E-state index contributed by atoms with van der Waals surface area (Å²) in [4.78, 5) is 43.3. The molecule has 2 saturated heterocycles. The van der Waals surface area contributed by atoms with E-state index in [0.717, 1.165) is 12.1 Å². The number of urea groups is 1. The van der Waals surface area contributed by atoms with Crippen molar-refractivity contribution < 1.29 is 31.9 Å². The van der Waals surface area contributed by atoms with Crippen LogP contribution < -0.4 is 5.32 Å². The Bertz CT molecular complexity index is 1770. The topological polar surface area (TPSA) is 90.8 Å². The highest BCUT2D eigenvalue weighted by molar-refractivity contribution is 6.09. The van der Waals surface area contributed by atoms with Gasteiger partial charge in [-0.05, 0) is 30.3 Å². The zero-order valence-corrected chi connectivity index (χ0v) is 23.9. The summed E-state index contributed by atoms with van der Waals surface area (Å²) in [6, 6.07) is 18.0. The predicted molar refractivity (Wildman–Crippen MR) is 159 cm³/mol. The molecule has 232 valence electrons. The van der Waals surface area contributed by atoms with E-state index in [-0.39, 0.29) is 38.1 Å². The first-order chi connectivity index (χ1) is 21.5. The normalized spacial score (nSPS) is 15.6. The molecule has 0 spiro atoms. The van der Waals surface area contributed by atoms with E-state index in [1.807, 2.05) is 18.2 Å². The van der Waals surface area contributed by atoms with Crippen molar-refractivity contribution in [2.24, 2.45) is 0 Å². The SMILES string of the molecule is C=C(F)C(=O)N1CC(n2nc(-c3ccc(C(F)(F)F)cc3)c3cccc(C(=O)N4CCN(C(=O)Nc5ccccc5)CC4)c32)C1. The van der Waals surface area contributed by atoms with Crippen LogP contribution in [0.3, 0.4) is 0 Å². The van der Waals surface area contributed by atoms with Crippen molar-refractivity contribution in [2.45, 2.75) is 12.2 Å². The van der Waals surface area contributed by atoms with E-state index in [2.05, 4.69) is 11.9 Å². The molecule has 2 fully saturated rings. The number of hydrogen-bond acceptors (Lipinski definition) is 4. The van der Waals surface area contributed by atoms with Gasteiger partial charge < -0.3 is 20.0 Å². The molecule has 4 aromatic rings. The Hall–Kier alpha value is -5.20. The lowest BCUT2D eigenvalue weighted by Gasteiger charge is -2.39. The van der Waals surface area contributed by atoms with Crippen molar-refractivity contribution in [3.63, 3.8) is 0 Å². The van der Waals surface area contributed by atoms with Gasteiger partial charge in [0.15, 0.2) is 5.83 Å². The minimum atomic E-state index is -4.51. The summed E-state index contributed by atoms with van der Waals surface area (Å²) in [7, 11) is 0. The molecule has 0 bridgehead atoms. The number of nitrogens with one attached hydrogen (secondary N) is 1. The first-order valence-electron chi connectivity index (χ1n) is 14.2. The third-order valence-electron chi connectivity index (χ3n) is 8.05. The number of alkyl halides is 3. The molecule has 4 amide bonds. The molecular formula is C32H28F4N6O3. The summed E-state index contributed by atoms with van der Waals surface area (Å²) in [5.41, 5.74) is 1.42. The van der Waals surface area contributed by atoms with Gasteiger partial charge in [-0.1, -0.05) is 49.0 Å². The van der Waals surface area contributed by atoms with Crippen LogP contribution in [-0.4, -0.2) is 81.6 Å². The number of hydrogen-bond donors (Lipinski definition) is 1. The molecule has 9 nitrogen and oxygen atoms in total. The summed E-state index contributed by atoms with van der Waals surface area (Å²) in [6.07, 6.45) is -4.51. The van der Waals surface area contributed by atoms with Crippen LogP contribution in [0, 0.1) is 0 Å². The minimum absolute atomic E-state index is 0.114. The van der Waals surface area contributed by atoms with Crippen LogP contribution >= 0.6 is 0 Å². The van der Waals surface area contributed by atoms with Crippen molar-refractivity contribution in [1.29, 1.82) is 0 Å². The van der Waals surface area contributed by atoms with Gasteiger partial charge in [0.1, 0.15) is 5.69 Å². The van der Waals surface area contributed by atoms with E-state index >= 15 is 0 Å². The van der Waals surface area contributed by atoms with E-state index in [4.69, 9.17) is 5.10 Å². The van der Waals surface area contributed by atoms with Crippen LogP contribution in [0.5, 0.6) is 0 Å². The van der Waals surface area contributed by atoms with Gasteiger partial charge in [-0.25, -0.2) is 9.18 Å². The van der Waals surface area contributed by atoms with Gasteiger partial charge in [-0.2, -0.15) is 18.3 Å². The maximum atomic E-state index is 13.9. The Balaban J connectivity index is 1.29. The summed E-state index contributed by atoms with van der Waals surface area (Å²) in [5, 5.41) is 8.11. The average molecular weight is 621 g/mol. The van der Waals surface area contributed by atoms with E-state index in [1.54, 1.807) is 44.8 Å². The van der Waals surface area contributed by atoms with Crippen LogP contribution in [0.15, 0.2) is 85.2 Å². The second kappa shape index (κ2) is 11.7. The second-order valence-corrected chi connectivity index (χ2v) is 10.9. The molecule has 0 unspecified atom stereocenters. The van der Waals surface area contributed by atoms with Crippen LogP contribution in [0.2, 0.25) is 0 Å². The second-order valence-electron chi connectivity index (χ2n) is 10.9. The number of carbonyl (C=O) groups excluding carboxylic acids is 3. The third kappa shape index (κ3) is 5.85. The number of benzene rings is 3. The van der Waals surface area contributed by atoms with Crippen LogP contribution in [-0.2, 0) is 11.0 Å². The fraction of sp³-hybridized carbons (Fsp3) is 0.250. The molecule has 3 heterocycles. The smallest absolute Gasteiger partial charge is 0.335 e. The average Bonchev–Trinajstić information content (AvgIpc) is 3.39. The lowest BCUT2D eigenvalue weighted by Crippen LogP contribution is -2.52. The van der Waals surface area contributed by atoms with Gasteiger partial charge in [0.2, 0.25) is 0 Å². The highest BCUT2D eigenvalue weighted by Crippen LogP contribution is 2.37. The molecular weight excluding hydrogens is 592 g/mol. The molecule has 1 N–H and O–H groups in total. The first kappa shape index (κ1) is 29.9. The molecule has 45 heavy (non-hydrogen) atoms. The largest absolute Gasteiger partial charge is 0.416 e. The third-order valence-corrected chi connectivity index (χ3v) is 8.05. The Morgan fingerprint density at radius 1 is 0.822 bits per heavy atom. The van der Waals surface area contributed by atoms with Gasteiger partial charge in [0.25, 0.3) is 11.8 Å². The lowest BCUT2D eigenvalue weighted by molar-refractivity contribution is -0.137. The molecule has 0 radical (unpaired) electrons. The standard InChI is InChI=1S/C32H28F4N6O3/c1-20(33)29(43)41-18-24(19-41)42-28-25(27(38-42)21-10-12-22(13-11-21)32(34,35)36)8-5-9-26(28)30(44)39-14-16-40(17-15-39)31(45)37-23-6-3-2-4-7-23/h2-13,24H,1,14-19H2,(H,37,45). The molecule has 0 aliphatic carbocycles. The van der Waals surface area contributed by atoms with Crippen molar-refractivity contribution >= 4 is 34.4 Å². The summed E-state index contributed by atoms with van der Waals surface area (Å²) >= 11 is 0. The van der Waals surface area contributed by atoms with Gasteiger partial charge in [0, 0.05) is 55.9 Å². The fourth-order valence-corrected chi connectivity index (χ4v) is 5.61. The number of anilines is 1. The van der Waals surface area contributed by atoms with E-state index in [0.29, 0.717) is 46.5 Å². The van der Waals surface area contributed by atoms with Crippen molar-refractivity contribution in [3.05, 3.63) is 96.3 Å². The Labute approximate surface area is 255 Å². The Morgan fingerprint density at radius 3 is 2.09 bits per heavy atom. The molecule has 0 saturated carbocycles. The van der Waals surface area contributed by atoms with E-state index in [9.17, 15) is 31.9 Å². The number of rotatable bonds is 5. The lowest BCUT2D eigenvalue weighted by atomic mass is 10.0. The number of fused-ring (bicyclic) bond motifs is 1. The van der Waals surface area contributed by atoms with Crippen molar-refractivity contribution in [3.8, 4) is 11.3 Å². The molecule has 6 rings (SSSR count). The molecule has 2 aliphatic rings. The number of para-hydroxylation sites is 2. The van der Waals surface area contributed by atoms with Crippen LogP contribution in [0.4, 0.5) is 28.0 Å². The maximum Gasteiger partial charge on any atom is 0.416 e. The summed E-state index contributed by atoms with van der Waals surface area (Å²) in [6.45, 7) is 4.46. The van der Waals surface area contributed by atoms with Crippen molar-refractivity contribution in [2.75, 3.05) is 44.6 Å². The number of nitrogens with zero attached hydrogens (tertiary/aromatic N) is 5. The van der Waals surface area contributed by atoms with Gasteiger partial charge in [0.05, 0.1) is 22.7 Å².